The average Bonchev–Trinajstić information content (AvgIpc) is 2.36. The second kappa shape index (κ2) is 6.23. The largest absolute Gasteiger partial charge is 0.311 e. The molecule has 0 radical (unpaired) electrons. The highest BCUT2D eigenvalue weighted by atomic mass is 15.3. The lowest BCUT2D eigenvalue weighted by atomic mass is 9.93. The molecular formula is C17H29N3. The van der Waals surface area contributed by atoms with Crippen LogP contribution in [0.2, 0.25) is 0 Å². The topological polar surface area (TPSA) is 28.2 Å². The molecule has 0 aromatic carbocycles. The number of pyridine rings is 1. The summed E-state index contributed by atoms with van der Waals surface area (Å²) in [4.78, 5) is 7.15. The number of piperazine rings is 1. The Morgan fingerprint density at radius 1 is 1.45 bits per heavy atom. The Hall–Kier alpha value is -0.930. The van der Waals surface area contributed by atoms with Gasteiger partial charge < -0.3 is 5.32 Å². The van der Waals surface area contributed by atoms with Crippen molar-refractivity contribution in [2.24, 2.45) is 5.92 Å². The van der Waals surface area contributed by atoms with Crippen LogP contribution in [0.5, 0.6) is 0 Å². The van der Waals surface area contributed by atoms with E-state index in [0.717, 1.165) is 25.6 Å². The van der Waals surface area contributed by atoms with Gasteiger partial charge in [0.25, 0.3) is 0 Å². The molecule has 0 spiro atoms. The molecule has 0 amide bonds. The number of aromatic nitrogens is 1. The van der Waals surface area contributed by atoms with Crippen molar-refractivity contribution in [3.63, 3.8) is 0 Å². The molecule has 1 N–H and O–H groups in total. The van der Waals surface area contributed by atoms with Crippen LogP contribution in [0.4, 0.5) is 0 Å². The number of nitrogens with zero attached hydrogens (tertiary/aromatic N) is 2. The number of hydrogen-bond donors (Lipinski definition) is 1. The van der Waals surface area contributed by atoms with Gasteiger partial charge in [0.15, 0.2) is 0 Å². The van der Waals surface area contributed by atoms with E-state index in [9.17, 15) is 0 Å². The molecule has 1 aliphatic rings. The number of aryl methyl sites for hydroxylation is 1. The van der Waals surface area contributed by atoms with Crippen LogP contribution < -0.4 is 5.32 Å². The molecule has 0 aliphatic carbocycles. The van der Waals surface area contributed by atoms with Crippen molar-refractivity contribution in [1.29, 1.82) is 0 Å². The van der Waals surface area contributed by atoms with Crippen molar-refractivity contribution in [3.05, 3.63) is 29.6 Å². The molecule has 1 aromatic heterocycles. The molecule has 1 saturated heterocycles. The fraction of sp³-hybridized carbons (Fsp3) is 0.706. The summed E-state index contributed by atoms with van der Waals surface area (Å²) in [6.45, 7) is 14.5. The van der Waals surface area contributed by atoms with E-state index < -0.39 is 0 Å². The summed E-state index contributed by atoms with van der Waals surface area (Å²) in [5.74, 6) is 0.743. The minimum absolute atomic E-state index is 0.192. The first-order chi connectivity index (χ1) is 9.38. The molecule has 3 heteroatoms. The normalized spacial score (nSPS) is 23.2. The maximum atomic E-state index is 4.56. The highest BCUT2D eigenvalue weighted by Crippen LogP contribution is 2.23. The smallest absolute Gasteiger partial charge is 0.0573 e. The molecule has 0 bridgehead atoms. The minimum atomic E-state index is 0.192. The fourth-order valence-electron chi connectivity index (χ4n) is 2.95. The number of rotatable bonds is 4. The van der Waals surface area contributed by atoms with Crippen LogP contribution in [-0.4, -0.2) is 34.6 Å². The average molecular weight is 275 g/mol. The molecule has 1 aromatic rings. The Balaban J connectivity index is 2.08. The number of nitrogens with one attached hydrogen (secondary N) is 1. The minimum Gasteiger partial charge on any atom is -0.311 e. The zero-order chi connectivity index (χ0) is 14.8. The molecule has 1 unspecified atom stereocenters. The first kappa shape index (κ1) is 15.5. The van der Waals surface area contributed by atoms with Crippen LogP contribution in [0.25, 0.3) is 0 Å². The summed E-state index contributed by atoms with van der Waals surface area (Å²) in [6, 6.07) is 4.78. The van der Waals surface area contributed by atoms with E-state index in [1.807, 2.05) is 12.3 Å². The highest BCUT2D eigenvalue weighted by molar-refractivity contribution is 5.18. The van der Waals surface area contributed by atoms with Gasteiger partial charge in [-0.15, -0.1) is 0 Å². The monoisotopic (exact) mass is 275 g/mol. The van der Waals surface area contributed by atoms with E-state index in [2.05, 4.69) is 55.9 Å². The van der Waals surface area contributed by atoms with E-state index in [1.165, 1.54) is 17.7 Å². The maximum absolute atomic E-state index is 4.56. The summed E-state index contributed by atoms with van der Waals surface area (Å²) in [6.07, 6.45) is 3.15. The van der Waals surface area contributed by atoms with Gasteiger partial charge in [-0.1, -0.05) is 19.9 Å². The summed E-state index contributed by atoms with van der Waals surface area (Å²) in [7, 11) is 0. The Morgan fingerprint density at radius 3 is 2.85 bits per heavy atom. The van der Waals surface area contributed by atoms with E-state index in [1.54, 1.807) is 0 Å². The predicted octanol–water partition coefficient (Wildman–Crippen LogP) is 2.99. The quantitative estimate of drug-likeness (QED) is 0.915. The van der Waals surface area contributed by atoms with Gasteiger partial charge in [-0.2, -0.15) is 0 Å². The first-order valence-electron chi connectivity index (χ1n) is 7.77. The van der Waals surface area contributed by atoms with Crippen molar-refractivity contribution in [2.75, 3.05) is 13.1 Å². The van der Waals surface area contributed by atoms with Gasteiger partial charge in [-0.05, 0) is 44.7 Å². The van der Waals surface area contributed by atoms with Crippen molar-refractivity contribution in [3.8, 4) is 0 Å². The van der Waals surface area contributed by atoms with E-state index >= 15 is 0 Å². The Kier molecular flexibility index (Phi) is 4.82. The third kappa shape index (κ3) is 3.80. The van der Waals surface area contributed by atoms with Crippen molar-refractivity contribution < 1.29 is 0 Å². The van der Waals surface area contributed by atoms with Crippen LogP contribution in [0.3, 0.4) is 0 Å². The second-order valence-corrected chi connectivity index (χ2v) is 7.17. The van der Waals surface area contributed by atoms with Crippen LogP contribution in [0.1, 0.15) is 45.4 Å². The lowest BCUT2D eigenvalue weighted by Crippen LogP contribution is -2.61. The molecule has 112 valence electrons. The standard InChI is InChI=1S/C17H29N3/c1-13(2)9-15-10-20(17(4,5)12-19-15)11-16-14(3)7-6-8-18-16/h6-8,13,15,19H,9-12H2,1-5H3. The summed E-state index contributed by atoms with van der Waals surface area (Å²) >= 11 is 0. The summed E-state index contributed by atoms with van der Waals surface area (Å²) in [5, 5.41) is 3.71. The molecule has 20 heavy (non-hydrogen) atoms. The van der Waals surface area contributed by atoms with Gasteiger partial charge in [0.05, 0.1) is 5.69 Å². The van der Waals surface area contributed by atoms with Gasteiger partial charge >= 0.3 is 0 Å². The molecule has 1 atom stereocenters. The van der Waals surface area contributed by atoms with Gasteiger partial charge in [0.1, 0.15) is 0 Å². The SMILES string of the molecule is Cc1cccnc1CN1CC(CC(C)C)NCC1(C)C. The third-order valence-electron chi connectivity index (χ3n) is 4.33. The van der Waals surface area contributed by atoms with Gasteiger partial charge in [-0.25, -0.2) is 0 Å². The zero-order valence-electron chi connectivity index (χ0n) is 13.6. The lowest BCUT2D eigenvalue weighted by Gasteiger charge is -2.46. The Labute approximate surface area is 123 Å². The first-order valence-corrected chi connectivity index (χ1v) is 7.77. The predicted molar refractivity (Wildman–Crippen MR) is 84.7 cm³/mol. The van der Waals surface area contributed by atoms with E-state index in [-0.39, 0.29) is 5.54 Å². The van der Waals surface area contributed by atoms with Crippen molar-refractivity contribution in [2.45, 2.75) is 59.2 Å². The summed E-state index contributed by atoms with van der Waals surface area (Å²) in [5.41, 5.74) is 2.70. The maximum Gasteiger partial charge on any atom is 0.0573 e. The highest BCUT2D eigenvalue weighted by Gasteiger charge is 2.34. The van der Waals surface area contributed by atoms with Crippen LogP contribution in [-0.2, 0) is 6.54 Å². The second-order valence-electron chi connectivity index (χ2n) is 7.17. The van der Waals surface area contributed by atoms with Gasteiger partial charge in [0, 0.05) is 37.4 Å². The van der Waals surface area contributed by atoms with E-state index in [0.29, 0.717) is 6.04 Å². The van der Waals surface area contributed by atoms with Crippen LogP contribution >= 0.6 is 0 Å². The molecule has 3 nitrogen and oxygen atoms in total. The Morgan fingerprint density at radius 2 is 2.20 bits per heavy atom. The van der Waals surface area contributed by atoms with Crippen molar-refractivity contribution in [1.82, 2.24) is 15.2 Å². The molecule has 2 heterocycles. The summed E-state index contributed by atoms with van der Waals surface area (Å²) < 4.78 is 0. The van der Waals surface area contributed by atoms with Gasteiger partial charge in [-0.3, -0.25) is 9.88 Å². The lowest BCUT2D eigenvalue weighted by molar-refractivity contribution is 0.0523. The van der Waals surface area contributed by atoms with Crippen molar-refractivity contribution >= 4 is 0 Å². The molecular weight excluding hydrogens is 246 g/mol. The fourth-order valence-corrected chi connectivity index (χ4v) is 2.95. The number of hydrogen-bond acceptors (Lipinski definition) is 3. The van der Waals surface area contributed by atoms with Crippen LogP contribution in [0.15, 0.2) is 18.3 Å². The zero-order valence-corrected chi connectivity index (χ0v) is 13.6. The molecule has 1 aliphatic heterocycles. The third-order valence-corrected chi connectivity index (χ3v) is 4.33. The van der Waals surface area contributed by atoms with E-state index in [4.69, 9.17) is 0 Å². The molecule has 2 rings (SSSR count). The van der Waals surface area contributed by atoms with Gasteiger partial charge in [0.2, 0.25) is 0 Å². The molecule has 1 fully saturated rings. The molecule has 0 saturated carbocycles. The van der Waals surface area contributed by atoms with Crippen LogP contribution in [0, 0.1) is 12.8 Å². The Bertz CT molecular complexity index is 440.